The van der Waals surface area contributed by atoms with Gasteiger partial charge in [0, 0.05) is 62.0 Å². The molecule has 6 nitrogen and oxygen atoms in total. The van der Waals surface area contributed by atoms with Gasteiger partial charge < -0.3 is 19.3 Å². The zero-order valence-corrected chi connectivity index (χ0v) is 24.8. The highest BCUT2D eigenvalue weighted by Crippen LogP contribution is 2.42. The minimum absolute atomic E-state index is 0.320. The standard InChI is InChI=1S/C30H32N2O4S3/c1-34-24-16-23(28(36-3)26(17-24)35-2)19-32-13-11-31(12-14-32)18-22-15-21(9-10-25(22)33)27-29(38-39-30(27)37)20-7-5-4-6-8-20/h4-10,15-17,33H,11-14,18-19H2,1-3H3. The van der Waals surface area contributed by atoms with Crippen molar-refractivity contribution in [2.24, 2.45) is 0 Å². The Hall–Kier alpha value is -2.95. The van der Waals surface area contributed by atoms with Gasteiger partial charge in [-0.15, -0.1) is 0 Å². The van der Waals surface area contributed by atoms with Gasteiger partial charge in [0.2, 0.25) is 0 Å². The van der Waals surface area contributed by atoms with Crippen LogP contribution >= 0.6 is 32.9 Å². The predicted octanol–water partition coefficient (Wildman–Crippen LogP) is 6.92. The van der Waals surface area contributed by atoms with E-state index in [2.05, 4.69) is 40.1 Å². The number of aromatic hydroxyl groups is 1. The van der Waals surface area contributed by atoms with Gasteiger partial charge in [-0.1, -0.05) is 69.3 Å². The lowest BCUT2D eigenvalue weighted by atomic mass is 10.0. The first-order valence-electron chi connectivity index (χ1n) is 12.7. The van der Waals surface area contributed by atoms with E-state index in [9.17, 15) is 5.11 Å². The van der Waals surface area contributed by atoms with Crippen molar-refractivity contribution in [1.82, 2.24) is 9.80 Å². The first-order valence-corrected chi connectivity index (χ1v) is 15.3. The van der Waals surface area contributed by atoms with Gasteiger partial charge in [-0.3, -0.25) is 9.80 Å². The molecule has 0 amide bonds. The molecule has 204 valence electrons. The molecule has 1 N–H and O–H groups in total. The normalized spacial score (nSPS) is 14.3. The number of rotatable bonds is 9. The van der Waals surface area contributed by atoms with E-state index >= 15 is 0 Å². The lowest BCUT2D eigenvalue weighted by Crippen LogP contribution is -2.45. The zero-order valence-electron chi connectivity index (χ0n) is 22.3. The van der Waals surface area contributed by atoms with Crippen molar-refractivity contribution >= 4 is 32.9 Å². The van der Waals surface area contributed by atoms with Crippen molar-refractivity contribution in [2.45, 2.75) is 13.1 Å². The highest BCUT2D eigenvalue weighted by Gasteiger charge is 2.22. The average molecular weight is 581 g/mol. The van der Waals surface area contributed by atoms with Crippen LogP contribution in [0.4, 0.5) is 0 Å². The number of hydrogen-bond donors (Lipinski definition) is 1. The van der Waals surface area contributed by atoms with E-state index in [1.165, 1.54) is 10.4 Å². The van der Waals surface area contributed by atoms with Gasteiger partial charge in [-0.2, -0.15) is 0 Å². The SMILES string of the molecule is COc1cc(CN2CCN(Cc3cc(-c4c(-c5ccccc5)ssc4=S)ccc3O)CC2)c(OC)c(OC)c1. The Labute approximate surface area is 242 Å². The topological polar surface area (TPSA) is 54.4 Å². The molecule has 0 unspecified atom stereocenters. The van der Waals surface area contributed by atoms with Gasteiger partial charge in [0.05, 0.1) is 26.2 Å². The molecule has 1 aromatic heterocycles. The second-order valence-electron chi connectivity index (χ2n) is 9.44. The molecule has 0 atom stereocenters. The van der Waals surface area contributed by atoms with Crippen LogP contribution in [0, 0.1) is 3.82 Å². The van der Waals surface area contributed by atoms with Crippen LogP contribution in [0.25, 0.3) is 21.6 Å². The lowest BCUT2D eigenvalue weighted by Gasteiger charge is -2.35. The largest absolute Gasteiger partial charge is 0.508 e. The number of ether oxygens (including phenoxy) is 3. The van der Waals surface area contributed by atoms with Crippen molar-refractivity contribution < 1.29 is 19.3 Å². The smallest absolute Gasteiger partial charge is 0.165 e. The fourth-order valence-corrected chi connectivity index (χ4v) is 7.91. The van der Waals surface area contributed by atoms with Crippen LogP contribution in [0.3, 0.4) is 0 Å². The van der Waals surface area contributed by atoms with Crippen LogP contribution in [0.15, 0.2) is 60.7 Å². The Morgan fingerprint density at radius 3 is 2.10 bits per heavy atom. The van der Waals surface area contributed by atoms with Crippen molar-refractivity contribution in [2.75, 3.05) is 47.5 Å². The Balaban J connectivity index is 1.29. The van der Waals surface area contributed by atoms with Gasteiger partial charge >= 0.3 is 0 Å². The summed E-state index contributed by atoms with van der Waals surface area (Å²) in [5, 5.41) is 10.7. The minimum atomic E-state index is 0.320. The van der Waals surface area contributed by atoms with Gasteiger partial charge in [0.15, 0.2) is 11.5 Å². The molecule has 39 heavy (non-hydrogen) atoms. The van der Waals surface area contributed by atoms with Crippen molar-refractivity contribution in [3.63, 3.8) is 0 Å². The second kappa shape index (κ2) is 12.5. The Morgan fingerprint density at radius 2 is 1.46 bits per heavy atom. The molecule has 5 rings (SSSR count). The third-order valence-corrected chi connectivity index (χ3v) is 10.1. The van der Waals surface area contributed by atoms with E-state index in [-0.39, 0.29) is 0 Å². The van der Waals surface area contributed by atoms with Crippen molar-refractivity contribution in [3.05, 3.63) is 75.6 Å². The molecule has 0 saturated carbocycles. The van der Waals surface area contributed by atoms with Crippen LogP contribution in [0.2, 0.25) is 0 Å². The minimum Gasteiger partial charge on any atom is -0.508 e. The molecule has 1 aliphatic rings. The molecular formula is C30H32N2O4S3. The highest BCUT2D eigenvalue weighted by atomic mass is 32.9. The summed E-state index contributed by atoms with van der Waals surface area (Å²) in [6.45, 7) is 5.04. The maximum atomic E-state index is 10.7. The highest BCUT2D eigenvalue weighted by molar-refractivity contribution is 7.80. The second-order valence-corrected chi connectivity index (χ2v) is 12.3. The lowest BCUT2D eigenvalue weighted by molar-refractivity contribution is 0.120. The molecule has 1 aliphatic heterocycles. The first-order chi connectivity index (χ1) is 19.0. The van der Waals surface area contributed by atoms with Gasteiger partial charge in [-0.25, -0.2) is 0 Å². The van der Waals surface area contributed by atoms with Crippen LogP contribution < -0.4 is 14.2 Å². The number of phenolic OH excluding ortho intramolecular Hbond substituents is 1. The zero-order chi connectivity index (χ0) is 27.4. The van der Waals surface area contributed by atoms with E-state index in [0.717, 1.165) is 70.3 Å². The van der Waals surface area contributed by atoms with Gasteiger partial charge in [0.25, 0.3) is 0 Å². The Kier molecular flexibility index (Phi) is 8.84. The summed E-state index contributed by atoms with van der Waals surface area (Å²) in [4.78, 5) is 5.98. The molecule has 0 aliphatic carbocycles. The number of nitrogens with zero attached hydrogens (tertiary/aromatic N) is 2. The van der Waals surface area contributed by atoms with Crippen LogP contribution in [-0.4, -0.2) is 62.4 Å². The predicted molar refractivity (Wildman–Crippen MR) is 162 cm³/mol. The summed E-state index contributed by atoms with van der Waals surface area (Å²) in [5.41, 5.74) is 5.27. The van der Waals surface area contributed by atoms with E-state index < -0.39 is 0 Å². The maximum Gasteiger partial charge on any atom is 0.165 e. The maximum absolute atomic E-state index is 10.7. The summed E-state index contributed by atoms with van der Waals surface area (Å²) in [6.07, 6.45) is 0. The molecule has 0 radical (unpaired) electrons. The van der Waals surface area contributed by atoms with Crippen molar-refractivity contribution in [1.29, 1.82) is 0 Å². The summed E-state index contributed by atoms with van der Waals surface area (Å²) in [5.74, 6) is 2.49. The van der Waals surface area contributed by atoms with Crippen LogP contribution in [-0.2, 0) is 13.1 Å². The van der Waals surface area contributed by atoms with Gasteiger partial charge in [0.1, 0.15) is 15.3 Å². The van der Waals surface area contributed by atoms with Crippen LogP contribution in [0.1, 0.15) is 11.1 Å². The monoisotopic (exact) mass is 580 g/mol. The summed E-state index contributed by atoms with van der Waals surface area (Å²) >= 11 is 5.73. The summed E-state index contributed by atoms with van der Waals surface area (Å²) in [6, 6.07) is 20.1. The molecule has 4 aromatic rings. The van der Waals surface area contributed by atoms with E-state index in [4.69, 9.17) is 26.4 Å². The molecule has 3 aromatic carbocycles. The van der Waals surface area contributed by atoms with E-state index in [1.807, 2.05) is 24.3 Å². The molecule has 0 spiro atoms. The number of methoxy groups -OCH3 is 3. The molecule has 1 fully saturated rings. The van der Waals surface area contributed by atoms with Gasteiger partial charge in [-0.05, 0) is 29.3 Å². The third-order valence-electron chi connectivity index (χ3n) is 7.05. The summed E-state index contributed by atoms with van der Waals surface area (Å²) < 4.78 is 17.5. The quantitative estimate of drug-likeness (QED) is 0.170. The first kappa shape index (κ1) is 27.6. The fraction of sp³-hybridized carbons (Fsp3) is 0.300. The van der Waals surface area contributed by atoms with Crippen molar-refractivity contribution in [3.8, 4) is 44.6 Å². The Morgan fingerprint density at radius 1 is 0.769 bits per heavy atom. The number of benzene rings is 3. The molecule has 2 heterocycles. The Bertz CT molecular complexity index is 1480. The van der Waals surface area contributed by atoms with E-state index in [0.29, 0.717) is 18.0 Å². The number of phenols is 1. The average Bonchev–Trinajstić information content (AvgIpc) is 3.36. The molecule has 1 saturated heterocycles. The van der Waals surface area contributed by atoms with Crippen LogP contribution in [0.5, 0.6) is 23.0 Å². The molecule has 9 heteroatoms. The molecular weight excluding hydrogens is 549 g/mol. The summed E-state index contributed by atoms with van der Waals surface area (Å²) in [7, 11) is 8.31. The third kappa shape index (κ3) is 6.13. The molecule has 0 bridgehead atoms. The van der Waals surface area contributed by atoms with E-state index in [1.54, 1.807) is 48.1 Å². The number of piperazine rings is 1. The fourth-order valence-electron chi connectivity index (χ4n) is 4.99. The number of hydrogen-bond acceptors (Lipinski definition) is 9.